The molecular weight excluding hydrogens is 342 g/mol. The molecule has 0 bridgehead atoms. The van der Waals surface area contributed by atoms with Crippen LogP contribution < -0.4 is 10.6 Å². The fourth-order valence-electron chi connectivity index (χ4n) is 1.84. The molecular formula is C13H13N3O5S2. The molecule has 0 saturated carbocycles. The average Bonchev–Trinajstić information content (AvgIpc) is 2.90. The summed E-state index contributed by atoms with van der Waals surface area (Å²) in [5.41, 5.74) is 0.232. The smallest absolute Gasteiger partial charge is 0.328 e. The molecule has 1 heterocycles. The number of carbonyl (C=O) groups is 2. The Kier molecular flexibility index (Phi) is 5.88. The van der Waals surface area contributed by atoms with Crippen LogP contribution in [0.1, 0.15) is 6.42 Å². The summed E-state index contributed by atoms with van der Waals surface area (Å²) in [5, 5.41) is 16.0. The largest absolute Gasteiger partial charge is 0.464 e. The summed E-state index contributed by atoms with van der Waals surface area (Å²) in [6.45, 7) is 0.358. The Balaban J connectivity index is 1.78. The van der Waals surface area contributed by atoms with E-state index in [4.69, 9.17) is 17.0 Å². The number of amides is 1. The summed E-state index contributed by atoms with van der Waals surface area (Å²) < 4.78 is 5.12. The lowest BCUT2D eigenvalue weighted by atomic mass is 10.3. The van der Waals surface area contributed by atoms with Gasteiger partial charge < -0.3 is 15.4 Å². The van der Waals surface area contributed by atoms with Crippen LogP contribution in [0.4, 0.5) is 11.4 Å². The zero-order chi connectivity index (χ0) is 16.8. The summed E-state index contributed by atoms with van der Waals surface area (Å²) in [4.78, 5) is 33.2. The molecule has 0 radical (unpaired) electrons. The van der Waals surface area contributed by atoms with Gasteiger partial charge in [0.05, 0.1) is 17.3 Å². The van der Waals surface area contributed by atoms with Crippen LogP contribution in [-0.2, 0) is 14.3 Å². The summed E-state index contributed by atoms with van der Waals surface area (Å²) in [5.74, 6) is -0.682. The maximum atomic E-state index is 11.8. The minimum atomic E-state index is -0.538. The van der Waals surface area contributed by atoms with Gasteiger partial charge in [-0.05, 0) is 6.07 Å². The van der Waals surface area contributed by atoms with Crippen molar-refractivity contribution in [3.63, 3.8) is 0 Å². The monoisotopic (exact) mass is 355 g/mol. The molecule has 2 rings (SSSR count). The molecule has 1 amide bonds. The molecule has 1 atom stereocenters. The van der Waals surface area contributed by atoms with Gasteiger partial charge in [0.2, 0.25) is 5.91 Å². The normalized spacial score (nSPS) is 16.5. The molecule has 1 aliphatic heterocycles. The molecule has 122 valence electrons. The van der Waals surface area contributed by atoms with E-state index in [1.807, 2.05) is 0 Å². The molecule has 10 heteroatoms. The molecule has 1 fully saturated rings. The molecule has 2 N–H and O–H groups in total. The van der Waals surface area contributed by atoms with Gasteiger partial charge in [-0.15, -0.1) is 0 Å². The fraction of sp³-hybridized carbons (Fsp3) is 0.308. The Hall–Kier alpha value is -2.20. The zero-order valence-corrected chi connectivity index (χ0v) is 13.4. The Morgan fingerprint density at radius 3 is 2.96 bits per heavy atom. The maximum Gasteiger partial charge on any atom is 0.328 e. The molecule has 0 aliphatic carbocycles. The number of thioether (sulfide) groups is 1. The van der Waals surface area contributed by atoms with Gasteiger partial charge in [0.1, 0.15) is 10.4 Å². The van der Waals surface area contributed by atoms with E-state index in [9.17, 15) is 19.7 Å². The van der Waals surface area contributed by atoms with Gasteiger partial charge in [-0.1, -0.05) is 30.0 Å². The van der Waals surface area contributed by atoms with Crippen molar-refractivity contribution in [1.29, 1.82) is 0 Å². The number of nitrogens with zero attached hydrogens (tertiary/aromatic N) is 1. The summed E-state index contributed by atoms with van der Waals surface area (Å²) in [6.07, 6.45) is 0.541. The topological polar surface area (TPSA) is 111 Å². The number of hydrogen-bond donors (Lipinski definition) is 2. The molecule has 1 saturated heterocycles. The number of esters is 1. The van der Waals surface area contributed by atoms with Crippen LogP contribution in [-0.4, -0.2) is 39.5 Å². The number of rotatable bonds is 5. The van der Waals surface area contributed by atoms with Gasteiger partial charge in [0.25, 0.3) is 5.69 Å². The van der Waals surface area contributed by atoms with Gasteiger partial charge in [0.15, 0.2) is 0 Å². The molecule has 23 heavy (non-hydrogen) atoms. The lowest BCUT2D eigenvalue weighted by molar-refractivity contribution is -0.384. The van der Waals surface area contributed by atoms with Crippen LogP contribution in [0.2, 0.25) is 0 Å². The number of nitro benzene ring substituents is 1. The van der Waals surface area contributed by atoms with Crippen LogP contribution in [0.3, 0.4) is 0 Å². The highest BCUT2D eigenvalue weighted by Gasteiger charge is 2.27. The first-order chi connectivity index (χ1) is 11.0. The van der Waals surface area contributed by atoms with Crippen LogP contribution >= 0.6 is 24.0 Å². The number of cyclic esters (lactones) is 1. The highest BCUT2D eigenvalue weighted by Crippen LogP contribution is 2.17. The van der Waals surface area contributed by atoms with Crippen LogP contribution in [0.5, 0.6) is 0 Å². The van der Waals surface area contributed by atoms with Gasteiger partial charge in [-0.25, -0.2) is 4.79 Å². The van der Waals surface area contributed by atoms with Crippen molar-refractivity contribution in [2.45, 2.75) is 12.5 Å². The van der Waals surface area contributed by atoms with Gasteiger partial charge in [0, 0.05) is 24.2 Å². The second-order valence-corrected chi connectivity index (χ2v) is 6.24. The van der Waals surface area contributed by atoms with Gasteiger partial charge >= 0.3 is 5.97 Å². The third-order valence-corrected chi connectivity index (χ3v) is 4.16. The SMILES string of the molecule is O=C(CSC(=S)N[C@H]1CCOC1=O)Nc1cccc([N+](=O)[O-])c1. The van der Waals surface area contributed by atoms with Gasteiger partial charge in [-0.3, -0.25) is 14.9 Å². The third kappa shape index (κ3) is 5.18. The first-order valence-electron chi connectivity index (χ1n) is 6.60. The van der Waals surface area contributed by atoms with Crippen molar-refractivity contribution in [1.82, 2.24) is 5.32 Å². The lowest BCUT2D eigenvalue weighted by Gasteiger charge is -2.10. The quantitative estimate of drug-likeness (QED) is 0.353. The molecule has 1 aromatic rings. The number of benzene rings is 1. The summed E-state index contributed by atoms with van der Waals surface area (Å²) in [6, 6.07) is 5.19. The predicted molar refractivity (Wildman–Crippen MR) is 89.3 cm³/mol. The number of nitro groups is 1. The van der Waals surface area contributed by atoms with Crippen molar-refractivity contribution in [3.05, 3.63) is 34.4 Å². The minimum absolute atomic E-state index is 0.0241. The summed E-state index contributed by atoms with van der Waals surface area (Å²) >= 11 is 6.13. The standard InChI is InChI=1S/C13H13N3O5S2/c17-11(14-8-2-1-3-9(6-8)16(19)20)7-23-13(22)15-10-4-5-21-12(10)18/h1-3,6,10H,4-5,7H2,(H,14,17)(H,15,22)/t10-/m0/s1. The Bertz CT molecular complexity index is 652. The predicted octanol–water partition coefficient (Wildman–Crippen LogP) is 1.46. The number of nitrogens with one attached hydrogen (secondary N) is 2. The Morgan fingerprint density at radius 1 is 1.52 bits per heavy atom. The van der Waals surface area contributed by atoms with Crippen molar-refractivity contribution in [3.8, 4) is 0 Å². The van der Waals surface area contributed by atoms with Crippen molar-refractivity contribution >= 4 is 51.6 Å². The van der Waals surface area contributed by atoms with E-state index in [-0.39, 0.29) is 23.3 Å². The van der Waals surface area contributed by atoms with E-state index in [0.29, 0.717) is 23.0 Å². The van der Waals surface area contributed by atoms with Crippen LogP contribution in [0.15, 0.2) is 24.3 Å². The number of thiocarbonyl (C=S) groups is 1. The van der Waals surface area contributed by atoms with Crippen molar-refractivity contribution in [2.24, 2.45) is 0 Å². The fourth-order valence-corrected chi connectivity index (χ4v) is 2.72. The molecule has 1 aliphatic rings. The van der Waals surface area contributed by atoms with Crippen molar-refractivity contribution < 1.29 is 19.2 Å². The molecule has 1 aromatic carbocycles. The molecule has 8 nitrogen and oxygen atoms in total. The highest BCUT2D eigenvalue weighted by molar-refractivity contribution is 8.23. The zero-order valence-electron chi connectivity index (χ0n) is 11.8. The summed E-state index contributed by atoms with van der Waals surface area (Å²) in [7, 11) is 0. The molecule has 0 unspecified atom stereocenters. The van der Waals surface area contributed by atoms with E-state index < -0.39 is 11.0 Å². The number of non-ortho nitro benzene ring substituents is 1. The average molecular weight is 355 g/mol. The van der Waals surface area contributed by atoms with E-state index >= 15 is 0 Å². The number of hydrogen-bond acceptors (Lipinski definition) is 7. The molecule has 0 spiro atoms. The third-order valence-electron chi connectivity index (χ3n) is 2.90. The first-order valence-corrected chi connectivity index (χ1v) is 7.99. The Morgan fingerprint density at radius 2 is 2.30 bits per heavy atom. The minimum Gasteiger partial charge on any atom is -0.464 e. The number of anilines is 1. The number of ether oxygens (including phenoxy) is 1. The van der Waals surface area contributed by atoms with Gasteiger partial charge in [-0.2, -0.15) is 0 Å². The maximum absolute atomic E-state index is 11.8. The lowest BCUT2D eigenvalue weighted by Crippen LogP contribution is -2.36. The first kappa shape index (κ1) is 17.2. The van der Waals surface area contributed by atoms with Crippen LogP contribution in [0, 0.1) is 10.1 Å². The van der Waals surface area contributed by atoms with E-state index in [0.717, 1.165) is 11.8 Å². The Labute approximate surface area is 141 Å². The second kappa shape index (κ2) is 7.88. The van der Waals surface area contributed by atoms with Crippen molar-refractivity contribution in [2.75, 3.05) is 17.7 Å². The van der Waals surface area contributed by atoms with Crippen LogP contribution in [0.25, 0.3) is 0 Å². The number of carbonyl (C=O) groups excluding carboxylic acids is 2. The molecule has 0 aromatic heterocycles. The second-order valence-electron chi connectivity index (χ2n) is 4.58. The van der Waals surface area contributed by atoms with E-state index in [1.165, 1.54) is 18.2 Å². The van der Waals surface area contributed by atoms with E-state index in [2.05, 4.69) is 10.6 Å². The van der Waals surface area contributed by atoms with E-state index in [1.54, 1.807) is 6.07 Å². The highest BCUT2D eigenvalue weighted by atomic mass is 32.2.